The topological polar surface area (TPSA) is 18.5 Å². The van der Waals surface area contributed by atoms with Crippen LogP contribution in [0.25, 0.3) is 0 Å². The van der Waals surface area contributed by atoms with Crippen LogP contribution in [0, 0.1) is 0 Å². The average Bonchev–Trinajstić information content (AvgIpc) is 2.03. The summed E-state index contributed by atoms with van der Waals surface area (Å²) in [7, 11) is 0. The van der Waals surface area contributed by atoms with Crippen LogP contribution >= 0.6 is 0 Å². The Morgan fingerprint density at radius 3 is 1.82 bits per heavy atom. The van der Waals surface area contributed by atoms with Crippen LogP contribution in [0.3, 0.4) is 0 Å². The van der Waals surface area contributed by atoms with E-state index in [1.807, 2.05) is 0 Å². The third-order valence-electron chi connectivity index (χ3n) is 0.773. The van der Waals surface area contributed by atoms with Crippen LogP contribution in [0.4, 0.5) is 8.78 Å². The van der Waals surface area contributed by atoms with Crippen molar-refractivity contribution in [3.63, 3.8) is 0 Å². The summed E-state index contributed by atoms with van der Waals surface area (Å²) in [6.07, 6.45) is 3.34. The fourth-order valence-electron chi connectivity index (χ4n) is 0.364. The summed E-state index contributed by atoms with van der Waals surface area (Å²) in [5.41, 5.74) is 0. The molecule has 11 heavy (non-hydrogen) atoms. The number of rotatable bonds is 6. The van der Waals surface area contributed by atoms with Crippen molar-refractivity contribution in [3.05, 3.63) is 24.8 Å². The Morgan fingerprint density at radius 1 is 1.00 bits per heavy atom. The maximum absolute atomic E-state index is 11.3. The van der Waals surface area contributed by atoms with Gasteiger partial charge in [0.05, 0.1) is 0 Å². The van der Waals surface area contributed by atoms with E-state index in [4.69, 9.17) is 7.13 Å². The van der Waals surface area contributed by atoms with Gasteiger partial charge in [0.1, 0.15) is 0 Å². The monoisotopic (exact) mass is 214 g/mol. The number of halogens is 2. The van der Waals surface area contributed by atoms with Gasteiger partial charge in [-0.3, -0.25) is 0 Å². The van der Waals surface area contributed by atoms with E-state index in [-0.39, 0.29) is 13.2 Å². The maximum atomic E-state index is 11.3. The molecule has 0 aromatic heterocycles. The van der Waals surface area contributed by atoms with Gasteiger partial charge in [0.25, 0.3) is 0 Å². The van der Waals surface area contributed by atoms with Crippen LogP contribution in [0.5, 0.6) is 0 Å². The van der Waals surface area contributed by atoms with E-state index in [0.29, 0.717) is 12.7 Å². The zero-order chi connectivity index (χ0) is 8.36. The molecule has 0 saturated heterocycles. The van der Waals surface area contributed by atoms with Crippen LogP contribution in [0.15, 0.2) is 24.8 Å². The molecule has 0 aliphatic heterocycles. The standard InChI is InChI=1S/2C3H4FO.Zn/c2*4-2-1-3-5;/h2*1-2H,3H2;/q2*-1;+2. The minimum absolute atomic E-state index is 0.246. The van der Waals surface area contributed by atoms with Gasteiger partial charge in [-0.1, -0.05) is 0 Å². The fraction of sp³-hybridized carbons (Fsp3) is 0.333. The molecule has 0 spiro atoms. The molecule has 0 heterocycles. The van der Waals surface area contributed by atoms with Gasteiger partial charge < -0.3 is 0 Å². The predicted molar refractivity (Wildman–Crippen MR) is 32.4 cm³/mol. The first-order chi connectivity index (χ1) is 5.41. The van der Waals surface area contributed by atoms with Crippen molar-refractivity contribution < 1.29 is 33.8 Å². The molecule has 0 aromatic rings. The van der Waals surface area contributed by atoms with E-state index in [2.05, 4.69) is 0 Å². The Morgan fingerprint density at radius 2 is 1.45 bits per heavy atom. The van der Waals surface area contributed by atoms with Crippen LogP contribution in [0.2, 0.25) is 0 Å². The summed E-state index contributed by atoms with van der Waals surface area (Å²) in [4.78, 5) is 0. The van der Waals surface area contributed by atoms with Crippen LogP contribution < -0.4 is 0 Å². The fourth-order valence-corrected chi connectivity index (χ4v) is 1.59. The Balaban J connectivity index is 2.90. The summed E-state index contributed by atoms with van der Waals surface area (Å²) in [6.45, 7) is 0.492. The molecule has 0 radical (unpaired) electrons. The van der Waals surface area contributed by atoms with E-state index in [9.17, 15) is 8.78 Å². The van der Waals surface area contributed by atoms with Crippen molar-refractivity contribution in [3.8, 4) is 0 Å². The molecule has 0 bridgehead atoms. The molecule has 0 saturated carbocycles. The molecule has 0 atom stereocenters. The van der Waals surface area contributed by atoms with Gasteiger partial charge in [0, 0.05) is 0 Å². The van der Waals surface area contributed by atoms with E-state index >= 15 is 0 Å². The third-order valence-corrected chi connectivity index (χ3v) is 2.46. The summed E-state index contributed by atoms with van der Waals surface area (Å²) >= 11 is -1.45. The Hall–Kier alpha value is -0.117. The summed E-state index contributed by atoms with van der Waals surface area (Å²) < 4.78 is 32.4. The summed E-state index contributed by atoms with van der Waals surface area (Å²) in [5.74, 6) is 0. The second kappa shape index (κ2) is 9.88. The Labute approximate surface area is 72.3 Å². The molecule has 0 rings (SSSR count). The molecule has 5 heteroatoms. The Kier molecular flexibility index (Phi) is 9.78. The predicted octanol–water partition coefficient (Wildman–Crippen LogP) is 1.90. The zero-order valence-corrected chi connectivity index (χ0v) is 8.97. The van der Waals surface area contributed by atoms with E-state index in [1.54, 1.807) is 0 Å². The van der Waals surface area contributed by atoms with E-state index < -0.39 is 17.8 Å². The number of hydrogen-bond acceptors (Lipinski definition) is 2. The minimum atomic E-state index is -1.45. The quantitative estimate of drug-likeness (QED) is 0.498. The first kappa shape index (κ1) is 10.9. The molecular formula is C6H8F2O2Zn. The van der Waals surface area contributed by atoms with Crippen LogP contribution in [0.1, 0.15) is 0 Å². The van der Waals surface area contributed by atoms with Gasteiger partial charge in [0.2, 0.25) is 0 Å². The molecule has 0 N–H and O–H groups in total. The first-order valence-electron chi connectivity index (χ1n) is 3.07. The average molecular weight is 216 g/mol. The molecule has 0 amide bonds. The molecule has 0 aliphatic rings. The number of hydrogen-bond donors (Lipinski definition) is 0. The van der Waals surface area contributed by atoms with Crippen molar-refractivity contribution in [1.29, 1.82) is 0 Å². The van der Waals surface area contributed by atoms with Crippen molar-refractivity contribution in [2.24, 2.45) is 0 Å². The Bertz CT molecular complexity index is 114. The van der Waals surface area contributed by atoms with Crippen molar-refractivity contribution in [2.75, 3.05) is 13.2 Å². The zero-order valence-electron chi connectivity index (χ0n) is 6.00. The van der Waals surface area contributed by atoms with Crippen molar-refractivity contribution in [1.82, 2.24) is 0 Å². The van der Waals surface area contributed by atoms with Crippen molar-refractivity contribution >= 4 is 0 Å². The van der Waals surface area contributed by atoms with Gasteiger partial charge in [-0.15, -0.1) is 0 Å². The normalized spacial score (nSPS) is 11.1. The second-order valence-corrected chi connectivity index (χ2v) is 3.79. The molecule has 0 aromatic carbocycles. The van der Waals surface area contributed by atoms with E-state index in [0.717, 1.165) is 0 Å². The van der Waals surface area contributed by atoms with Gasteiger partial charge in [-0.25, -0.2) is 0 Å². The van der Waals surface area contributed by atoms with Crippen LogP contribution in [-0.2, 0) is 25.0 Å². The van der Waals surface area contributed by atoms with Crippen LogP contribution in [-0.4, -0.2) is 13.2 Å². The molecule has 60 valence electrons. The molecular weight excluding hydrogens is 207 g/mol. The van der Waals surface area contributed by atoms with Gasteiger partial charge in [-0.05, 0) is 0 Å². The summed E-state index contributed by atoms with van der Waals surface area (Å²) in [6, 6.07) is 0. The summed E-state index contributed by atoms with van der Waals surface area (Å²) in [5, 5.41) is 0. The van der Waals surface area contributed by atoms with Crippen molar-refractivity contribution in [2.45, 2.75) is 0 Å². The first-order valence-corrected chi connectivity index (χ1v) is 5.50. The van der Waals surface area contributed by atoms with E-state index in [1.165, 1.54) is 12.2 Å². The molecule has 0 unspecified atom stereocenters. The molecule has 0 fully saturated rings. The van der Waals surface area contributed by atoms with Gasteiger partial charge in [-0.2, -0.15) is 0 Å². The third kappa shape index (κ3) is 9.88. The SMILES string of the molecule is FC=CC[O][Zn][O]CC=CF. The van der Waals surface area contributed by atoms with Gasteiger partial charge in [0.15, 0.2) is 0 Å². The molecule has 2 nitrogen and oxygen atoms in total. The molecule has 0 aliphatic carbocycles. The second-order valence-electron chi connectivity index (χ2n) is 1.58. The van der Waals surface area contributed by atoms with Gasteiger partial charge >= 0.3 is 71.8 Å².